The fraction of sp³-hybridized carbons (Fsp3) is 0.417. The minimum atomic E-state index is -2.95. The number of carbonyl (C=O) groups is 1. The van der Waals surface area contributed by atoms with Crippen molar-refractivity contribution in [1.82, 2.24) is 4.90 Å². The number of amides is 1. The van der Waals surface area contributed by atoms with E-state index >= 15 is 0 Å². The van der Waals surface area contributed by atoms with E-state index in [0.717, 1.165) is 10.5 Å². The fourth-order valence-corrected chi connectivity index (χ4v) is 1.43. The molecule has 0 aliphatic heterocycles. The molecule has 0 unspecified atom stereocenters. The molecule has 0 fully saturated rings. The predicted molar refractivity (Wildman–Crippen MR) is 60.1 cm³/mol. The van der Waals surface area contributed by atoms with Crippen LogP contribution >= 0.6 is 0 Å². The number of benzene rings is 1. The van der Waals surface area contributed by atoms with Gasteiger partial charge in [-0.25, -0.2) is 0 Å². The summed E-state index contributed by atoms with van der Waals surface area (Å²) >= 11 is 0. The SMILES string of the molecule is CCN(Cc1ccc(OC)cc1)C(=O)C(F)F. The van der Waals surface area contributed by atoms with Crippen molar-refractivity contribution in [3.8, 4) is 5.75 Å². The highest BCUT2D eigenvalue weighted by Gasteiger charge is 2.21. The lowest BCUT2D eigenvalue weighted by molar-refractivity contribution is -0.143. The molecule has 0 bridgehead atoms. The second-order valence-electron chi connectivity index (χ2n) is 3.50. The Hall–Kier alpha value is -1.65. The maximum Gasteiger partial charge on any atom is 0.315 e. The Morgan fingerprint density at radius 2 is 1.94 bits per heavy atom. The van der Waals surface area contributed by atoms with E-state index in [1.807, 2.05) is 0 Å². The van der Waals surface area contributed by atoms with Crippen LogP contribution in [0.2, 0.25) is 0 Å². The van der Waals surface area contributed by atoms with Gasteiger partial charge in [-0.05, 0) is 24.6 Å². The van der Waals surface area contributed by atoms with Crippen LogP contribution in [0.15, 0.2) is 24.3 Å². The quantitative estimate of drug-likeness (QED) is 0.794. The number of halogens is 2. The molecule has 3 nitrogen and oxygen atoms in total. The van der Waals surface area contributed by atoms with Crippen molar-refractivity contribution in [3.63, 3.8) is 0 Å². The molecule has 0 aliphatic rings. The van der Waals surface area contributed by atoms with Crippen LogP contribution in [0.4, 0.5) is 8.78 Å². The average molecular weight is 243 g/mol. The van der Waals surface area contributed by atoms with Gasteiger partial charge in [0.05, 0.1) is 7.11 Å². The first-order chi connectivity index (χ1) is 8.08. The third-order valence-corrected chi connectivity index (χ3v) is 2.41. The Morgan fingerprint density at radius 3 is 2.35 bits per heavy atom. The first kappa shape index (κ1) is 13.4. The van der Waals surface area contributed by atoms with E-state index in [0.29, 0.717) is 5.75 Å². The molecule has 1 aromatic carbocycles. The van der Waals surface area contributed by atoms with E-state index in [-0.39, 0.29) is 13.1 Å². The molecule has 0 heterocycles. The summed E-state index contributed by atoms with van der Waals surface area (Å²) in [6.07, 6.45) is -2.95. The number of nitrogens with zero attached hydrogens (tertiary/aromatic N) is 1. The number of carbonyl (C=O) groups excluding carboxylic acids is 1. The van der Waals surface area contributed by atoms with Crippen LogP contribution in [0.5, 0.6) is 5.75 Å². The van der Waals surface area contributed by atoms with Gasteiger partial charge in [-0.1, -0.05) is 12.1 Å². The summed E-state index contributed by atoms with van der Waals surface area (Å²) in [5, 5.41) is 0. The van der Waals surface area contributed by atoms with E-state index < -0.39 is 12.3 Å². The first-order valence-electron chi connectivity index (χ1n) is 5.28. The highest BCUT2D eigenvalue weighted by molar-refractivity contribution is 5.79. The average Bonchev–Trinajstić information content (AvgIpc) is 2.35. The van der Waals surface area contributed by atoms with Crippen molar-refractivity contribution in [3.05, 3.63) is 29.8 Å². The topological polar surface area (TPSA) is 29.5 Å². The molecule has 0 aromatic heterocycles. The molecule has 0 radical (unpaired) electrons. The Bertz CT molecular complexity index is 365. The van der Waals surface area contributed by atoms with E-state index in [4.69, 9.17) is 4.74 Å². The van der Waals surface area contributed by atoms with E-state index in [2.05, 4.69) is 0 Å². The van der Waals surface area contributed by atoms with Crippen LogP contribution in [-0.4, -0.2) is 30.9 Å². The van der Waals surface area contributed by atoms with Gasteiger partial charge >= 0.3 is 6.43 Å². The number of ether oxygens (including phenoxy) is 1. The number of methoxy groups -OCH3 is 1. The molecule has 1 rings (SSSR count). The number of hydrogen-bond acceptors (Lipinski definition) is 2. The predicted octanol–water partition coefficient (Wildman–Crippen LogP) is 2.31. The fourth-order valence-electron chi connectivity index (χ4n) is 1.43. The highest BCUT2D eigenvalue weighted by atomic mass is 19.3. The molecule has 5 heteroatoms. The van der Waals surface area contributed by atoms with Gasteiger partial charge < -0.3 is 9.64 Å². The number of alkyl halides is 2. The second kappa shape index (κ2) is 6.18. The molecule has 1 aromatic rings. The molecule has 94 valence electrons. The Labute approximate surface area is 99.0 Å². The normalized spacial score (nSPS) is 10.4. The molecule has 0 saturated heterocycles. The third kappa shape index (κ3) is 3.69. The van der Waals surface area contributed by atoms with Gasteiger partial charge in [-0.3, -0.25) is 4.79 Å². The van der Waals surface area contributed by atoms with E-state index in [1.54, 1.807) is 38.3 Å². The third-order valence-electron chi connectivity index (χ3n) is 2.41. The first-order valence-corrected chi connectivity index (χ1v) is 5.28. The van der Waals surface area contributed by atoms with Gasteiger partial charge in [0.25, 0.3) is 5.91 Å². The Balaban J connectivity index is 2.70. The molecular weight excluding hydrogens is 228 g/mol. The smallest absolute Gasteiger partial charge is 0.315 e. The zero-order valence-electron chi connectivity index (χ0n) is 9.82. The van der Waals surface area contributed by atoms with Crippen molar-refractivity contribution in [2.45, 2.75) is 19.9 Å². The largest absolute Gasteiger partial charge is 0.497 e. The van der Waals surface area contributed by atoms with Gasteiger partial charge in [0.1, 0.15) is 5.75 Å². The van der Waals surface area contributed by atoms with Crippen molar-refractivity contribution in [1.29, 1.82) is 0 Å². The summed E-state index contributed by atoms with van der Waals surface area (Å²) in [5.74, 6) is -0.444. The number of rotatable bonds is 5. The zero-order chi connectivity index (χ0) is 12.8. The van der Waals surface area contributed by atoms with E-state index in [9.17, 15) is 13.6 Å². The van der Waals surface area contributed by atoms with Crippen LogP contribution in [0.25, 0.3) is 0 Å². The standard InChI is InChI=1S/C12H15F2NO2/c1-3-15(12(16)11(13)14)8-9-4-6-10(17-2)7-5-9/h4-7,11H,3,8H2,1-2H3. The number of hydrogen-bond donors (Lipinski definition) is 0. The molecule has 0 N–H and O–H groups in total. The lowest BCUT2D eigenvalue weighted by atomic mass is 10.2. The van der Waals surface area contributed by atoms with Crippen molar-refractivity contribution < 1.29 is 18.3 Å². The van der Waals surface area contributed by atoms with Crippen molar-refractivity contribution in [2.75, 3.05) is 13.7 Å². The van der Waals surface area contributed by atoms with Gasteiger partial charge in [0, 0.05) is 13.1 Å². The maximum absolute atomic E-state index is 12.3. The van der Waals surface area contributed by atoms with Crippen LogP contribution < -0.4 is 4.74 Å². The lowest BCUT2D eigenvalue weighted by Crippen LogP contribution is -2.34. The summed E-state index contributed by atoms with van der Waals surface area (Å²) < 4.78 is 29.5. The molecule has 0 spiro atoms. The zero-order valence-corrected chi connectivity index (χ0v) is 9.82. The molecule has 17 heavy (non-hydrogen) atoms. The summed E-state index contributed by atoms with van der Waals surface area (Å²) in [7, 11) is 1.55. The summed E-state index contributed by atoms with van der Waals surface area (Å²) in [6, 6.07) is 6.96. The Morgan fingerprint density at radius 1 is 1.35 bits per heavy atom. The summed E-state index contributed by atoms with van der Waals surface area (Å²) in [4.78, 5) is 12.3. The summed E-state index contributed by atoms with van der Waals surface area (Å²) in [6.45, 7) is 2.11. The monoisotopic (exact) mass is 243 g/mol. The minimum Gasteiger partial charge on any atom is -0.497 e. The lowest BCUT2D eigenvalue weighted by Gasteiger charge is -2.20. The molecule has 0 aliphatic carbocycles. The molecule has 0 atom stereocenters. The van der Waals surface area contributed by atoms with Crippen LogP contribution in [-0.2, 0) is 11.3 Å². The minimum absolute atomic E-state index is 0.184. The molecule has 1 amide bonds. The van der Waals surface area contributed by atoms with Crippen LogP contribution in [0, 0.1) is 0 Å². The van der Waals surface area contributed by atoms with Gasteiger partial charge in [-0.2, -0.15) is 8.78 Å². The van der Waals surface area contributed by atoms with Gasteiger partial charge in [0.15, 0.2) is 0 Å². The van der Waals surface area contributed by atoms with Crippen LogP contribution in [0.3, 0.4) is 0 Å². The van der Waals surface area contributed by atoms with Gasteiger partial charge in [0.2, 0.25) is 0 Å². The Kier molecular flexibility index (Phi) is 4.87. The summed E-state index contributed by atoms with van der Waals surface area (Å²) in [5.41, 5.74) is 0.793. The van der Waals surface area contributed by atoms with Gasteiger partial charge in [-0.15, -0.1) is 0 Å². The highest BCUT2D eigenvalue weighted by Crippen LogP contribution is 2.14. The van der Waals surface area contributed by atoms with Crippen LogP contribution in [0.1, 0.15) is 12.5 Å². The van der Waals surface area contributed by atoms with E-state index in [1.165, 1.54) is 0 Å². The molecule has 0 saturated carbocycles. The van der Waals surface area contributed by atoms with Crippen molar-refractivity contribution >= 4 is 5.91 Å². The second-order valence-corrected chi connectivity index (χ2v) is 3.50. The van der Waals surface area contributed by atoms with Crippen molar-refractivity contribution in [2.24, 2.45) is 0 Å². The molecular formula is C12H15F2NO2. The maximum atomic E-state index is 12.3.